The van der Waals surface area contributed by atoms with Crippen LogP contribution in [0, 0.1) is 11.3 Å². The molecule has 0 unspecified atom stereocenters. The molecule has 0 N–H and O–H groups in total. The molecule has 3 fully saturated rings. The molecule has 1 aromatic rings. The Labute approximate surface area is 123 Å². The highest BCUT2D eigenvalue weighted by atomic mass is 16.2. The first kappa shape index (κ1) is 12.9. The molecule has 2 amide bonds. The minimum absolute atomic E-state index is 0.0442. The van der Waals surface area contributed by atoms with Crippen LogP contribution in [0.1, 0.15) is 25.7 Å². The molecule has 1 spiro atoms. The van der Waals surface area contributed by atoms with Gasteiger partial charge in [-0.15, -0.1) is 0 Å². The fourth-order valence-corrected chi connectivity index (χ4v) is 3.66. The molecular weight excluding hydrogens is 268 g/mol. The summed E-state index contributed by atoms with van der Waals surface area (Å²) in [5.74, 6) is 0.731. The standard InChI is InChI=1S/C15H20N4O2/c1-17-8-12(7-16-17)19-10-15(6-13(19)20)4-5-18(9-15)14(21)11-2-3-11/h7-8,11H,2-6,9-10H2,1H3/t15-/m0/s1. The zero-order valence-corrected chi connectivity index (χ0v) is 12.3. The van der Waals surface area contributed by atoms with Crippen LogP contribution in [0.2, 0.25) is 0 Å². The van der Waals surface area contributed by atoms with Crippen LogP contribution in [0.4, 0.5) is 5.69 Å². The van der Waals surface area contributed by atoms with Gasteiger partial charge in [0.15, 0.2) is 0 Å². The number of carbonyl (C=O) groups is 2. The third kappa shape index (κ3) is 2.13. The highest BCUT2D eigenvalue weighted by Gasteiger charge is 2.50. The summed E-state index contributed by atoms with van der Waals surface area (Å²) < 4.78 is 1.71. The maximum atomic E-state index is 12.4. The average molecular weight is 288 g/mol. The van der Waals surface area contributed by atoms with Crippen molar-refractivity contribution in [3.05, 3.63) is 12.4 Å². The molecular formula is C15H20N4O2. The van der Waals surface area contributed by atoms with E-state index in [9.17, 15) is 9.59 Å². The van der Waals surface area contributed by atoms with Gasteiger partial charge in [-0.3, -0.25) is 14.3 Å². The first-order valence-corrected chi connectivity index (χ1v) is 7.64. The van der Waals surface area contributed by atoms with Gasteiger partial charge in [0, 0.05) is 50.6 Å². The van der Waals surface area contributed by atoms with E-state index in [1.54, 1.807) is 10.9 Å². The molecule has 0 radical (unpaired) electrons. The topological polar surface area (TPSA) is 58.4 Å². The van der Waals surface area contributed by atoms with E-state index in [2.05, 4.69) is 5.10 Å². The minimum atomic E-state index is -0.0442. The maximum Gasteiger partial charge on any atom is 0.227 e. The number of carbonyl (C=O) groups excluding carboxylic acids is 2. The normalized spacial score (nSPS) is 28.9. The van der Waals surface area contributed by atoms with Crippen molar-refractivity contribution in [1.29, 1.82) is 0 Å². The first-order valence-electron chi connectivity index (χ1n) is 7.64. The van der Waals surface area contributed by atoms with Gasteiger partial charge in [0.25, 0.3) is 0 Å². The Hall–Kier alpha value is -1.85. The van der Waals surface area contributed by atoms with Crippen LogP contribution < -0.4 is 4.90 Å². The summed E-state index contributed by atoms with van der Waals surface area (Å²) in [4.78, 5) is 28.4. The lowest BCUT2D eigenvalue weighted by atomic mass is 9.86. The Balaban J connectivity index is 1.50. The van der Waals surface area contributed by atoms with Gasteiger partial charge in [0.2, 0.25) is 11.8 Å². The molecule has 3 aliphatic rings. The number of aryl methyl sites for hydroxylation is 1. The molecule has 0 aromatic carbocycles. The van der Waals surface area contributed by atoms with Crippen molar-refractivity contribution < 1.29 is 9.59 Å². The Morgan fingerprint density at radius 2 is 2.19 bits per heavy atom. The largest absolute Gasteiger partial charge is 0.342 e. The molecule has 6 nitrogen and oxygen atoms in total. The van der Waals surface area contributed by atoms with Gasteiger partial charge >= 0.3 is 0 Å². The summed E-state index contributed by atoms with van der Waals surface area (Å²) in [5, 5.41) is 4.14. The van der Waals surface area contributed by atoms with E-state index < -0.39 is 0 Å². The van der Waals surface area contributed by atoms with Crippen LogP contribution >= 0.6 is 0 Å². The fraction of sp³-hybridized carbons (Fsp3) is 0.667. The summed E-state index contributed by atoms with van der Waals surface area (Å²) in [7, 11) is 1.85. The number of anilines is 1. The Morgan fingerprint density at radius 3 is 2.86 bits per heavy atom. The van der Waals surface area contributed by atoms with Crippen LogP contribution in [0.15, 0.2) is 12.4 Å². The molecule has 0 bridgehead atoms. The number of nitrogens with zero attached hydrogens (tertiary/aromatic N) is 4. The molecule has 1 atom stereocenters. The molecule has 3 heterocycles. The summed E-state index contributed by atoms with van der Waals surface area (Å²) >= 11 is 0. The predicted molar refractivity (Wildman–Crippen MR) is 76.5 cm³/mol. The molecule has 21 heavy (non-hydrogen) atoms. The Morgan fingerprint density at radius 1 is 1.38 bits per heavy atom. The third-order valence-electron chi connectivity index (χ3n) is 5.00. The van der Waals surface area contributed by atoms with Crippen molar-refractivity contribution in [2.75, 3.05) is 24.5 Å². The summed E-state index contributed by atoms with van der Waals surface area (Å²) in [6, 6.07) is 0. The van der Waals surface area contributed by atoms with Crippen molar-refractivity contribution in [1.82, 2.24) is 14.7 Å². The van der Waals surface area contributed by atoms with Crippen molar-refractivity contribution in [2.45, 2.75) is 25.7 Å². The van der Waals surface area contributed by atoms with E-state index in [0.29, 0.717) is 18.9 Å². The van der Waals surface area contributed by atoms with E-state index >= 15 is 0 Å². The second-order valence-electron chi connectivity index (χ2n) is 6.81. The maximum absolute atomic E-state index is 12.4. The average Bonchev–Trinajstić information content (AvgIpc) is 2.97. The van der Waals surface area contributed by atoms with E-state index in [4.69, 9.17) is 0 Å². The fourth-order valence-electron chi connectivity index (χ4n) is 3.66. The number of rotatable bonds is 2. The molecule has 2 aliphatic heterocycles. The predicted octanol–water partition coefficient (Wildman–Crippen LogP) is 0.785. The Bertz CT molecular complexity index is 607. The number of aromatic nitrogens is 2. The van der Waals surface area contributed by atoms with Gasteiger partial charge in [-0.05, 0) is 19.3 Å². The number of hydrogen-bond acceptors (Lipinski definition) is 3. The lowest BCUT2D eigenvalue weighted by Crippen LogP contribution is -2.34. The van der Waals surface area contributed by atoms with Crippen LogP contribution in [0.3, 0.4) is 0 Å². The van der Waals surface area contributed by atoms with Crippen molar-refractivity contribution in [3.63, 3.8) is 0 Å². The molecule has 2 saturated heterocycles. The quantitative estimate of drug-likeness (QED) is 0.808. The third-order valence-corrected chi connectivity index (χ3v) is 5.00. The van der Waals surface area contributed by atoms with Crippen LogP contribution in [0.5, 0.6) is 0 Å². The molecule has 1 aromatic heterocycles. The van der Waals surface area contributed by atoms with Gasteiger partial charge in [0.1, 0.15) is 0 Å². The SMILES string of the molecule is Cn1cc(N2C[C@@]3(CCN(C(=O)C4CC4)C3)CC2=O)cn1. The van der Waals surface area contributed by atoms with Gasteiger partial charge in [-0.25, -0.2) is 0 Å². The zero-order valence-electron chi connectivity index (χ0n) is 12.3. The minimum Gasteiger partial charge on any atom is -0.342 e. The highest BCUT2D eigenvalue weighted by molar-refractivity contribution is 5.96. The smallest absolute Gasteiger partial charge is 0.227 e. The highest BCUT2D eigenvalue weighted by Crippen LogP contribution is 2.43. The summed E-state index contributed by atoms with van der Waals surface area (Å²) in [6.45, 7) is 2.26. The van der Waals surface area contributed by atoms with Gasteiger partial charge < -0.3 is 9.80 Å². The van der Waals surface area contributed by atoms with Gasteiger partial charge in [-0.2, -0.15) is 5.10 Å². The second kappa shape index (κ2) is 4.32. The molecule has 6 heteroatoms. The van der Waals surface area contributed by atoms with E-state index in [1.165, 1.54) is 0 Å². The number of likely N-dealkylation sites (tertiary alicyclic amines) is 1. The van der Waals surface area contributed by atoms with Gasteiger partial charge in [-0.1, -0.05) is 0 Å². The molecule has 112 valence electrons. The number of hydrogen-bond donors (Lipinski definition) is 0. The molecule has 1 saturated carbocycles. The number of amides is 2. The second-order valence-corrected chi connectivity index (χ2v) is 6.81. The molecule has 4 rings (SSSR count). The zero-order chi connectivity index (χ0) is 14.6. The monoisotopic (exact) mass is 288 g/mol. The Kier molecular flexibility index (Phi) is 2.65. The van der Waals surface area contributed by atoms with Crippen molar-refractivity contribution >= 4 is 17.5 Å². The lowest BCUT2D eigenvalue weighted by molar-refractivity contribution is -0.132. The van der Waals surface area contributed by atoms with Crippen LogP contribution in [0.25, 0.3) is 0 Å². The van der Waals surface area contributed by atoms with E-state index in [0.717, 1.165) is 38.0 Å². The van der Waals surface area contributed by atoms with E-state index in [-0.39, 0.29) is 17.2 Å². The van der Waals surface area contributed by atoms with Crippen molar-refractivity contribution in [3.8, 4) is 0 Å². The van der Waals surface area contributed by atoms with Gasteiger partial charge in [0.05, 0.1) is 11.9 Å². The van der Waals surface area contributed by atoms with E-state index in [1.807, 2.05) is 23.0 Å². The lowest BCUT2D eigenvalue weighted by Gasteiger charge is -2.23. The molecule has 1 aliphatic carbocycles. The summed E-state index contributed by atoms with van der Waals surface area (Å²) in [6.07, 6.45) is 7.19. The first-order chi connectivity index (χ1) is 10.1. The van der Waals surface area contributed by atoms with Crippen LogP contribution in [-0.4, -0.2) is 46.1 Å². The summed E-state index contributed by atoms with van der Waals surface area (Å²) in [5.41, 5.74) is 0.823. The van der Waals surface area contributed by atoms with Crippen LogP contribution in [-0.2, 0) is 16.6 Å². The van der Waals surface area contributed by atoms with Crippen molar-refractivity contribution in [2.24, 2.45) is 18.4 Å².